The van der Waals surface area contributed by atoms with Crippen molar-refractivity contribution in [3.05, 3.63) is 29.7 Å². The monoisotopic (exact) mass is 546 g/mol. The summed E-state index contributed by atoms with van der Waals surface area (Å²) in [6.45, 7) is 11.2. The standard InChI is InChI=1S/C28H42N4O7/c1-6-37-26(35)23(17-22-16-19(2)30-39-22)29-25(34)21-8-7-13-32(18-21)24(33)10-9-20-11-14-31(15-12-20)27(36)38-28(3,4)5/h9-10,16,20-21,23H,6-8,11-15,17-18H2,1-5H3,(H,29,34)/b10-9+/t21-,23+/m1/s1. The Morgan fingerprint density at radius 3 is 2.49 bits per heavy atom. The van der Waals surface area contributed by atoms with E-state index < -0.39 is 23.5 Å². The average Bonchev–Trinajstić information content (AvgIpc) is 3.30. The topological polar surface area (TPSA) is 131 Å². The molecule has 2 aliphatic rings. The third-order valence-corrected chi connectivity index (χ3v) is 6.78. The van der Waals surface area contributed by atoms with Gasteiger partial charge in [-0.2, -0.15) is 0 Å². The van der Waals surface area contributed by atoms with Crippen LogP contribution < -0.4 is 5.32 Å². The number of esters is 1. The van der Waals surface area contributed by atoms with Gasteiger partial charge in [-0.1, -0.05) is 11.2 Å². The van der Waals surface area contributed by atoms with E-state index in [9.17, 15) is 19.2 Å². The van der Waals surface area contributed by atoms with Crippen LogP contribution in [-0.4, -0.2) is 83.3 Å². The fraction of sp³-hybridized carbons (Fsp3) is 0.679. The molecule has 2 atom stereocenters. The Hall–Kier alpha value is -3.37. The first kappa shape index (κ1) is 30.2. The highest BCUT2D eigenvalue weighted by molar-refractivity contribution is 5.89. The van der Waals surface area contributed by atoms with E-state index in [1.54, 1.807) is 35.8 Å². The number of rotatable bonds is 8. The first-order chi connectivity index (χ1) is 18.4. The Morgan fingerprint density at radius 1 is 1.15 bits per heavy atom. The van der Waals surface area contributed by atoms with E-state index in [0.717, 1.165) is 12.8 Å². The Morgan fingerprint density at radius 2 is 1.87 bits per heavy atom. The summed E-state index contributed by atoms with van der Waals surface area (Å²) < 4.78 is 15.8. The lowest BCUT2D eigenvalue weighted by Gasteiger charge is -2.33. The third kappa shape index (κ3) is 9.40. The van der Waals surface area contributed by atoms with Gasteiger partial charge in [0.05, 0.1) is 18.2 Å². The van der Waals surface area contributed by atoms with Crippen LogP contribution in [0, 0.1) is 18.8 Å². The van der Waals surface area contributed by atoms with Crippen molar-refractivity contribution in [1.82, 2.24) is 20.3 Å². The number of carbonyl (C=O) groups is 4. The van der Waals surface area contributed by atoms with Gasteiger partial charge in [-0.25, -0.2) is 9.59 Å². The van der Waals surface area contributed by atoms with Gasteiger partial charge >= 0.3 is 12.1 Å². The van der Waals surface area contributed by atoms with Gasteiger partial charge in [-0.3, -0.25) is 9.59 Å². The van der Waals surface area contributed by atoms with Gasteiger partial charge in [0, 0.05) is 38.7 Å². The third-order valence-electron chi connectivity index (χ3n) is 6.78. The van der Waals surface area contributed by atoms with Crippen LogP contribution in [0.25, 0.3) is 0 Å². The summed E-state index contributed by atoms with van der Waals surface area (Å²) in [5.41, 5.74) is 0.154. The number of aryl methyl sites for hydroxylation is 1. The SMILES string of the molecule is CCOC(=O)[C@H](Cc1cc(C)no1)NC(=O)[C@@H]1CCCN(C(=O)/C=C/C2CCN(C(=O)OC(C)(C)C)CC2)C1. The molecule has 0 aliphatic carbocycles. The number of amides is 3. The van der Waals surface area contributed by atoms with Crippen LogP contribution in [0.15, 0.2) is 22.7 Å². The summed E-state index contributed by atoms with van der Waals surface area (Å²) in [5, 5.41) is 6.63. The Kier molecular flexibility index (Phi) is 10.5. The molecular weight excluding hydrogens is 504 g/mol. The molecule has 1 aromatic heterocycles. The number of nitrogens with one attached hydrogen (secondary N) is 1. The highest BCUT2D eigenvalue weighted by atomic mass is 16.6. The van der Waals surface area contributed by atoms with Crippen LogP contribution in [0.5, 0.6) is 0 Å². The highest BCUT2D eigenvalue weighted by Gasteiger charge is 2.32. The van der Waals surface area contributed by atoms with E-state index in [1.165, 1.54) is 0 Å². The van der Waals surface area contributed by atoms with Crippen molar-refractivity contribution in [3.8, 4) is 0 Å². The Bertz CT molecular complexity index is 1040. The summed E-state index contributed by atoms with van der Waals surface area (Å²) >= 11 is 0. The number of ether oxygens (including phenoxy) is 2. The number of carbonyl (C=O) groups excluding carboxylic acids is 4. The maximum atomic E-state index is 13.1. The van der Waals surface area contributed by atoms with Crippen LogP contribution in [0.1, 0.15) is 64.8 Å². The lowest BCUT2D eigenvalue weighted by molar-refractivity contribution is -0.148. The average molecular weight is 547 g/mol. The van der Waals surface area contributed by atoms with E-state index in [-0.39, 0.29) is 43.4 Å². The smallest absolute Gasteiger partial charge is 0.410 e. The number of likely N-dealkylation sites (tertiary alicyclic amines) is 2. The maximum absolute atomic E-state index is 13.1. The minimum Gasteiger partial charge on any atom is -0.464 e. The molecule has 3 heterocycles. The molecule has 2 aliphatic heterocycles. The molecule has 0 bridgehead atoms. The number of allylic oxidation sites excluding steroid dienone is 1. The second-order valence-corrected chi connectivity index (χ2v) is 11.2. The normalized spacial score (nSPS) is 19.6. The van der Waals surface area contributed by atoms with Crippen LogP contribution in [0.4, 0.5) is 4.79 Å². The van der Waals surface area contributed by atoms with Crippen LogP contribution >= 0.6 is 0 Å². The quantitative estimate of drug-likeness (QED) is 0.389. The number of aromatic nitrogens is 1. The van der Waals surface area contributed by atoms with E-state index in [1.807, 2.05) is 26.8 Å². The molecule has 11 heteroatoms. The van der Waals surface area contributed by atoms with E-state index in [0.29, 0.717) is 43.9 Å². The van der Waals surface area contributed by atoms with Gasteiger partial charge in [0.15, 0.2) is 0 Å². The van der Waals surface area contributed by atoms with Crippen molar-refractivity contribution in [3.63, 3.8) is 0 Å². The molecule has 3 amide bonds. The largest absolute Gasteiger partial charge is 0.464 e. The van der Waals surface area contributed by atoms with Crippen molar-refractivity contribution >= 4 is 23.9 Å². The van der Waals surface area contributed by atoms with Gasteiger partial charge in [-0.05, 0) is 72.3 Å². The van der Waals surface area contributed by atoms with E-state index in [4.69, 9.17) is 14.0 Å². The van der Waals surface area contributed by atoms with Crippen LogP contribution in [0.3, 0.4) is 0 Å². The molecule has 11 nitrogen and oxygen atoms in total. The molecule has 2 fully saturated rings. The first-order valence-corrected chi connectivity index (χ1v) is 13.8. The lowest BCUT2D eigenvalue weighted by Crippen LogP contribution is -2.50. The molecule has 2 saturated heterocycles. The zero-order valence-corrected chi connectivity index (χ0v) is 23.7. The first-order valence-electron chi connectivity index (χ1n) is 13.8. The van der Waals surface area contributed by atoms with Crippen molar-refractivity contribution in [2.75, 3.05) is 32.8 Å². The van der Waals surface area contributed by atoms with E-state index >= 15 is 0 Å². The van der Waals surface area contributed by atoms with Crippen molar-refractivity contribution in [2.24, 2.45) is 11.8 Å². The second kappa shape index (κ2) is 13.6. The lowest BCUT2D eigenvalue weighted by atomic mass is 9.95. The van der Waals surface area contributed by atoms with Gasteiger partial charge < -0.3 is 29.1 Å². The van der Waals surface area contributed by atoms with Gasteiger partial charge in [0.1, 0.15) is 17.4 Å². The molecule has 0 spiro atoms. The highest BCUT2D eigenvalue weighted by Crippen LogP contribution is 2.22. The minimum absolute atomic E-state index is 0.135. The molecule has 1 N–H and O–H groups in total. The van der Waals surface area contributed by atoms with Gasteiger partial charge in [0.2, 0.25) is 11.8 Å². The summed E-state index contributed by atoms with van der Waals surface area (Å²) in [5.74, 6) is -0.720. The van der Waals surface area contributed by atoms with Crippen molar-refractivity contribution in [2.45, 2.75) is 78.4 Å². The van der Waals surface area contributed by atoms with Crippen LogP contribution in [-0.2, 0) is 30.3 Å². The Balaban J connectivity index is 1.50. The predicted molar refractivity (Wildman–Crippen MR) is 142 cm³/mol. The molecule has 3 rings (SSSR count). The van der Waals surface area contributed by atoms with Crippen molar-refractivity contribution in [1.29, 1.82) is 0 Å². The fourth-order valence-electron chi connectivity index (χ4n) is 4.76. The van der Waals surface area contributed by atoms with E-state index in [2.05, 4.69) is 10.5 Å². The number of piperidine rings is 2. The predicted octanol–water partition coefficient (Wildman–Crippen LogP) is 3.02. The molecule has 0 aromatic carbocycles. The number of hydrogen-bond donors (Lipinski definition) is 1. The van der Waals surface area contributed by atoms with Gasteiger partial charge in [0.25, 0.3) is 0 Å². The number of nitrogens with zero attached hydrogens (tertiary/aromatic N) is 3. The summed E-state index contributed by atoms with van der Waals surface area (Å²) in [6, 6.07) is 0.815. The summed E-state index contributed by atoms with van der Waals surface area (Å²) in [6.07, 6.45) is 6.16. The molecule has 0 saturated carbocycles. The van der Waals surface area contributed by atoms with Crippen LogP contribution in [0.2, 0.25) is 0 Å². The minimum atomic E-state index is -0.901. The number of hydrogen-bond acceptors (Lipinski definition) is 8. The molecular formula is C28H42N4O7. The maximum Gasteiger partial charge on any atom is 0.410 e. The second-order valence-electron chi connectivity index (χ2n) is 11.2. The molecule has 0 unspecified atom stereocenters. The molecule has 216 valence electrons. The molecule has 0 radical (unpaired) electrons. The molecule has 1 aromatic rings. The summed E-state index contributed by atoms with van der Waals surface area (Å²) in [7, 11) is 0. The zero-order chi connectivity index (χ0) is 28.6. The Labute approximate surface area is 230 Å². The van der Waals surface area contributed by atoms with Gasteiger partial charge in [-0.15, -0.1) is 0 Å². The fourth-order valence-corrected chi connectivity index (χ4v) is 4.76. The zero-order valence-electron chi connectivity index (χ0n) is 23.7. The summed E-state index contributed by atoms with van der Waals surface area (Å²) in [4.78, 5) is 54.2. The van der Waals surface area contributed by atoms with Crippen molar-refractivity contribution < 1.29 is 33.2 Å². The molecule has 39 heavy (non-hydrogen) atoms.